The number of amides is 1. The molecule has 5 rings (SSSR count). The van der Waals surface area contributed by atoms with E-state index in [2.05, 4.69) is 10.1 Å². The quantitative estimate of drug-likeness (QED) is 0.572. The van der Waals surface area contributed by atoms with Crippen molar-refractivity contribution in [3.8, 4) is 0 Å². The molecule has 2 aromatic heterocycles. The van der Waals surface area contributed by atoms with Crippen molar-refractivity contribution >= 4 is 16.9 Å². The molecule has 30 heavy (non-hydrogen) atoms. The van der Waals surface area contributed by atoms with Gasteiger partial charge in [0.1, 0.15) is 11.2 Å². The maximum Gasteiger partial charge on any atom is 0.262 e. The average molecular weight is 399 g/mol. The molecule has 0 saturated carbocycles. The summed E-state index contributed by atoms with van der Waals surface area (Å²) in [7, 11) is 0. The van der Waals surface area contributed by atoms with Gasteiger partial charge in [-0.3, -0.25) is 9.59 Å². The van der Waals surface area contributed by atoms with E-state index in [1.54, 1.807) is 10.9 Å². The van der Waals surface area contributed by atoms with Crippen molar-refractivity contribution in [2.24, 2.45) is 0 Å². The van der Waals surface area contributed by atoms with Gasteiger partial charge >= 0.3 is 0 Å². The van der Waals surface area contributed by atoms with E-state index in [0.717, 1.165) is 12.0 Å². The third kappa shape index (κ3) is 3.39. The van der Waals surface area contributed by atoms with Crippen LogP contribution in [0.3, 0.4) is 0 Å². The highest BCUT2D eigenvalue weighted by atomic mass is 16.2. The summed E-state index contributed by atoms with van der Waals surface area (Å²) in [6.45, 7) is 1.20. The highest BCUT2D eigenvalue weighted by Crippen LogP contribution is 2.25. The van der Waals surface area contributed by atoms with Crippen molar-refractivity contribution < 1.29 is 4.79 Å². The summed E-state index contributed by atoms with van der Waals surface area (Å²) in [6.07, 6.45) is 2.88. The SMILES string of the molecule is O=C(c1ccccc1)N1CCC(n2ncc3c(=O)[nH]c(Cc4ccccc4)nc32)C1. The maximum absolute atomic E-state index is 12.8. The van der Waals surface area contributed by atoms with Gasteiger partial charge in [0.05, 0.1) is 12.2 Å². The molecule has 0 radical (unpaired) electrons. The Balaban J connectivity index is 1.42. The van der Waals surface area contributed by atoms with Crippen LogP contribution in [0.15, 0.2) is 71.7 Å². The standard InChI is InChI=1S/C23H21N5O2/c29-22-19-14-24-28(21(19)25-20(26-22)13-16-7-3-1-4-8-16)18-11-12-27(15-18)23(30)17-9-5-2-6-10-17/h1-10,14,18H,11-13,15H2,(H,25,26,29). The molecule has 1 aliphatic rings. The highest BCUT2D eigenvalue weighted by Gasteiger charge is 2.30. The Bertz CT molecular complexity index is 1250. The second-order valence-electron chi connectivity index (χ2n) is 7.56. The lowest BCUT2D eigenvalue weighted by atomic mass is 10.1. The van der Waals surface area contributed by atoms with Crippen LogP contribution in [0.4, 0.5) is 0 Å². The number of hydrogen-bond acceptors (Lipinski definition) is 4. The molecule has 7 nitrogen and oxygen atoms in total. The molecule has 150 valence electrons. The van der Waals surface area contributed by atoms with Crippen LogP contribution in [-0.4, -0.2) is 43.6 Å². The molecule has 1 fully saturated rings. The van der Waals surface area contributed by atoms with Crippen molar-refractivity contribution in [3.05, 3.63) is 94.2 Å². The number of rotatable bonds is 4. The fraction of sp³-hybridized carbons (Fsp3) is 0.217. The summed E-state index contributed by atoms with van der Waals surface area (Å²) >= 11 is 0. The molecule has 1 N–H and O–H groups in total. The van der Waals surface area contributed by atoms with Gasteiger partial charge in [-0.05, 0) is 24.1 Å². The van der Waals surface area contributed by atoms with Crippen molar-refractivity contribution in [3.63, 3.8) is 0 Å². The zero-order valence-electron chi connectivity index (χ0n) is 16.4. The molecule has 3 heterocycles. The van der Waals surface area contributed by atoms with Crippen molar-refractivity contribution in [1.29, 1.82) is 0 Å². The fourth-order valence-electron chi connectivity index (χ4n) is 4.01. The van der Waals surface area contributed by atoms with Crippen LogP contribution in [0.1, 0.15) is 34.2 Å². The Morgan fingerprint density at radius 1 is 1.07 bits per heavy atom. The molecule has 1 amide bonds. The van der Waals surface area contributed by atoms with Crippen molar-refractivity contribution in [2.45, 2.75) is 18.9 Å². The minimum absolute atomic E-state index is 0.00552. The summed E-state index contributed by atoms with van der Waals surface area (Å²) in [4.78, 5) is 34.7. The molecular formula is C23H21N5O2. The van der Waals surface area contributed by atoms with Gasteiger partial charge in [-0.1, -0.05) is 48.5 Å². The number of aromatic amines is 1. The van der Waals surface area contributed by atoms with Crippen LogP contribution < -0.4 is 5.56 Å². The Morgan fingerprint density at radius 2 is 1.80 bits per heavy atom. The number of carbonyl (C=O) groups is 1. The largest absolute Gasteiger partial charge is 0.336 e. The molecular weight excluding hydrogens is 378 g/mol. The molecule has 0 aliphatic carbocycles. The van der Waals surface area contributed by atoms with E-state index in [0.29, 0.717) is 41.9 Å². The minimum atomic E-state index is -0.188. The fourth-order valence-corrected chi connectivity index (χ4v) is 4.01. The lowest BCUT2D eigenvalue weighted by Crippen LogP contribution is -2.29. The summed E-state index contributed by atoms with van der Waals surface area (Å²) in [6, 6.07) is 19.2. The first kappa shape index (κ1) is 18.3. The number of likely N-dealkylation sites (tertiary alicyclic amines) is 1. The molecule has 7 heteroatoms. The molecule has 1 aliphatic heterocycles. The second kappa shape index (κ2) is 7.59. The first-order valence-electron chi connectivity index (χ1n) is 10.0. The molecule has 0 spiro atoms. The van der Waals surface area contributed by atoms with E-state index in [1.807, 2.05) is 65.6 Å². The van der Waals surface area contributed by atoms with Crippen LogP contribution in [0.25, 0.3) is 11.0 Å². The summed E-state index contributed by atoms with van der Waals surface area (Å²) in [5, 5.41) is 4.92. The lowest BCUT2D eigenvalue weighted by Gasteiger charge is -2.17. The van der Waals surface area contributed by atoms with E-state index in [9.17, 15) is 9.59 Å². The Labute approximate surface area is 173 Å². The average Bonchev–Trinajstić information content (AvgIpc) is 3.42. The summed E-state index contributed by atoms with van der Waals surface area (Å²) < 4.78 is 1.80. The van der Waals surface area contributed by atoms with Gasteiger partial charge in [0.15, 0.2) is 5.65 Å². The number of aromatic nitrogens is 4. The first-order chi connectivity index (χ1) is 14.7. The number of nitrogens with one attached hydrogen (secondary N) is 1. The zero-order chi connectivity index (χ0) is 20.5. The van der Waals surface area contributed by atoms with Gasteiger partial charge < -0.3 is 9.88 Å². The van der Waals surface area contributed by atoms with Crippen molar-refractivity contribution in [2.75, 3.05) is 13.1 Å². The van der Waals surface area contributed by atoms with Crippen LogP contribution in [0.2, 0.25) is 0 Å². The van der Waals surface area contributed by atoms with E-state index < -0.39 is 0 Å². The Morgan fingerprint density at radius 3 is 2.57 bits per heavy atom. The second-order valence-corrected chi connectivity index (χ2v) is 7.56. The first-order valence-corrected chi connectivity index (χ1v) is 10.0. The number of carbonyl (C=O) groups excluding carboxylic acids is 1. The topological polar surface area (TPSA) is 83.9 Å². The van der Waals surface area contributed by atoms with Gasteiger partial charge in [0.2, 0.25) is 0 Å². The molecule has 4 aromatic rings. The third-order valence-electron chi connectivity index (χ3n) is 5.54. The molecule has 1 unspecified atom stereocenters. The maximum atomic E-state index is 12.8. The van der Waals surface area contributed by atoms with Crippen LogP contribution in [0.5, 0.6) is 0 Å². The monoisotopic (exact) mass is 399 g/mol. The van der Waals surface area contributed by atoms with E-state index >= 15 is 0 Å². The normalized spacial score (nSPS) is 16.3. The zero-order valence-corrected chi connectivity index (χ0v) is 16.4. The third-order valence-corrected chi connectivity index (χ3v) is 5.54. The summed E-state index contributed by atoms with van der Waals surface area (Å²) in [5.41, 5.74) is 2.14. The number of benzene rings is 2. The Kier molecular flexibility index (Phi) is 4.63. The van der Waals surface area contributed by atoms with Gasteiger partial charge in [-0.25, -0.2) is 9.67 Å². The Hall–Kier alpha value is -3.74. The lowest BCUT2D eigenvalue weighted by molar-refractivity contribution is 0.0787. The summed E-state index contributed by atoms with van der Waals surface area (Å²) in [5.74, 6) is 0.626. The van der Waals surface area contributed by atoms with Gasteiger partial charge in [-0.2, -0.15) is 5.10 Å². The number of H-pyrrole nitrogens is 1. The van der Waals surface area contributed by atoms with Crippen LogP contribution in [-0.2, 0) is 6.42 Å². The van der Waals surface area contributed by atoms with Gasteiger partial charge in [0.25, 0.3) is 11.5 Å². The molecule has 0 bridgehead atoms. The van der Waals surface area contributed by atoms with Gasteiger partial charge in [0, 0.05) is 25.1 Å². The molecule has 2 aromatic carbocycles. The predicted molar refractivity (Wildman–Crippen MR) is 113 cm³/mol. The van der Waals surface area contributed by atoms with E-state index in [1.165, 1.54) is 0 Å². The minimum Gasteiger partial charge on any atom is -0.336 e. The molecule has 1 saturated heterocycles. The van der Waals surface area contributed by atoms with E-state index in [4.69, 9.17) is 4.98 Å². The van der Waals surface area contributed by atoms with E-state index in [-0.39, 0.29) is 17.5 Å². The highest BCUT2D eigenvalue weighted by molar-refractivity contribution is 5.94. The number of fused-ring (bicyclic) bond motifs is 1. The molecule has 1 atom stereocenters. The van der Waals surface area contributed by atoms with Crippen LogP contribution >= 0.6 is 0 Å². The number of hydrogen-bond donors (Lipinski definition) is 1. The van der Waals surface area contributed by atoms with Crippen molar-refractivity contribution in [1.82, 2.24) is 24.6 Å². The van der Waals surface area contributed by atoms with Gasteiger partial charge in [-0.15, -0.1) is 0 Å². The predicted octanol–water partition coefficient (Wildman–Crippen LogP) is 2.80. The number of nitrogens with zero attached hydrogens (tertiary/aromatic N) is 4. The smallest absolute Gasteiger partial charge is 0.262 e. The van der Waals surface area contributed by atoms with Crippen LogP contribution in [0, 0.1) is 0 Å².